The molecule has 28 heavy (non-hydrogen) atoms. The molecule has 0 aliphatic carbocycles. The van der Waals surface area contributed by atoms with Crippen LogP contribution in [0.15, 0.2) is 53.3 Å². The summed E-state index contributed by atoms with van der Waals surface area (Å²) in [5, 5.41) is 4.06. The third-order valence-corrected chi connectivity index (χ3v) is 5.78. The molecule has 0 unspecified atom stereocenters. The standard InChI is InChI=1S/C24H23N2O2/c1-4-5-13-28-16-10-12-20-21(14-16)26-23(25(20)3)18-11-9-15(2)17-7-6-8-19(22(17)18)24(26)27/h6-12,14H,4-5,13H2,1-3H3/q+1. The van der Waals surface area contributed by atoms with Crippen molar-refractivity contribution in [2.75, 3.05) is 6.61 Å². The van der Waals surface area contributed by atoms with Crippen LogP contribution in [0.2, 0.25) is 0 Å². The molecule has 0 saturated carbocycles. The zero-order chi connectivity index (χ0) is 19.4. The second-order valence-electron chi connectivity index (χ2n) is 7.53. The van der Waals surface area contributed by atoms with Crippen LogP contribution in [-0.2, 0) is 7.05 Å². The van der Waals surface area contributed by atoms with Crippen molar-refractivity contribution in [1.29, 1.82) is 0 Å². The molecule has 4 heteroatoms. The number of imidazole rings is 1. The Balaban J connectivity index is 1.93. The van der Waals surface area contributed by atoms with Gasteiger partial charge in [0, 0.05) is 11.5 Å². The Bertz CT molecular complexity index is 1420. The number of aryl methyl sites for hydroxylation is 2. The number of unbranched alkanes of at least 4 members (excludes halogenated alkanes) is 1. The molecule has 0 aliphatic heterocycles. The summed E-state index contributed by atoms with van der Waals surface area (Å²) < 4.78 is 9.85. The van der Waals surface area contributed by atoms with Gasteiger partial charge in [-0.15, -0.1) is 0 Å². The minimum Gasteiger partial charge on any atom is -0.493 e. The fourth-order valence-corrected chi connectivity index (χ4v) is 4.31. The first-order valence-electron chi connectivity index (χ1n) is 9.86. The number of nitrogens with zero attached hydrogens (tertiary/aromatic N) is 2. The maximum atomic E-state index is 13.5. The van der Waals surface area contributed by atoms with Crippen molar-refractivity contribution in [2.45, 2.75) is 26.7 Å². The molecule has 3 aromatic carbocycles. The lowest BCUT2D eigenvalue weighted by Gasteiger charge is -2.06. The predicted molar refractivity (Wildman–Crippen MR) is 114 cm³/mol. The van der Waals surface area contributed by atoms with E-state index in [2.05, 4.69) is 36.6 Å². The molecule has 5 aromatic rings. The number of fused-ring (bicyclic) bond motifs is 4. The zero-order valence-corrected chi connectivity index (χ0v) is 16.5. The van der Waals surface area contributed by atoms with E-state index in [0.29, 0.717) is 6.61 Å². The van der Waals surface area contributed by atoms with E-state index in [1.807, 2.05) is 41.8 Å². The van der Waals surface area contributed by atoms with Crippen molar-refractivity contribution in [3.8, 4) is 5.75 Å². The largest absolute Gasteiger partial charge is 0.493 e. The minimum absolute atomic E-state index is 0.0232. The van der Waals surface area contributed by atoms with Crippen LogP contribution in [0.25, 0.3) is 38.2 Å². The highest BCUT2D eigenvalue weighted by Gasteiger charge is 2.25. The Labute approximate surface area is 162 Å². The summed E-state index contributed by atoms with van der Waals surface area (Å²) in [5.41, 5.74) is 4.05. The number of rotatable bonds is 4. The van der Waals surface area contributed by atoms with Gasteiger partial charge in [-0.2, -0.15) is 4.40 Å². The highest BCUT2D eigenvalue weighted by atomic mass is 16.5. The molecular formula is C24H23N2O2+. The Morgan fingerprint density at radius 3 is 2.68 bits per heavy atom. The zero-order valence-electron chi connectivity index (χ0n) is 16.5. The fourth-order valence-electron chi connectivity index (χ4n) is 4.31. The maximum absolute atomic E-state index is 13.5. The molecule has 4 nitrogen and oxygen atoms in total. The van der Waals surface area contributed by atoms with Gasteiger partial charge in [-0.3, -0.25) is 0 Å². The number of hydrogen-bond donors (Lipinski definition) is 0. The Hall–Kier alpha value is -3.14. The van der Waals surface area contributed by atoms with Gasteiger partial charge in [0.15, 0.2) is 11.0 Å². The monoisotopic (exact) mass is 371 g/mol. The van der Waals surface area contributed by atoms with Crippen LogP contribution in [0.3, 0.4) is 0 Å². The van der Waals surface area contributed by atoms with Crippen molar-refractivity contribution >= 4 is 38.2 Å². The molecule has 5 rings (SSSR count). The summed E-state index contributed by atoms with van der Waals surface area (Å²) >= 11 is 0. The highest BCUT2D eigenvalue weighted by Crippen LogP contribution is 2.31. The predicted octanol–water partition coefficient (Wildman–Crippen LogP) is 4.51. The fraction of sp³-hybridized carbons (Fsp3) is 0.250. The van der Waals surface area contributed by atoms with Gasteiger partial charge < -0.3 is 4.74 Å². The lowest BCUT2D eigenvalue weighted by Crippen LogP contribution is -2.29. The molecule has 0 saturated heterocycles. The van der Waals surface area contributed by atoms with E-state index in [-0.39, 0.29) is 5.56 Å². The van der Waals surface area contributed by atoms with Crippen LogP contribution >= 0.6 is 0 Å². The Morgan fingerprint density at radius 2 is 1.86 bits per heavy atom. The average molecular weight is 371 g/mol. The second-order valence-corrected chi connectivity index (χ2v) is 7.53. The summed E-state index contributed by atoms with van der Waals surface area (Å²) in [6.07, 6.45) is 2.11. The van der Waals surface area contributed by atoms with Crippen molar-refractivity contribution in [2.24, 2.45) is 7.05 Å². The van der Waals surface area contributed by atoms with E-state index >= 15 is 0 Å². The number of benzene rings is 3. The first-order chi connectivity index (χ1) is 13.6. The second kappa shape index (κ2) is 6.20. The lowest BCUT2D eigenvalue weighted by molar-refractivity contribution is -0.617. The maximum Gasteiger partial charge on any atom is 0.347 e. The van der Waals surface area contributed by atoms with Gasteiger partial charge in [0.05, 0.1) is 24.4 Å². The molecule has 0 aliphatic rings. The van der Waals surface area contributed by atoms with Crippen LogP contribution in [0, 0.1) is 6.92 Å². The first-order valence-corrected chi connectivity index (χ1v) is 9.86. The van der Waals surface area contributed by atoms with Crippen LogP contribution in [0.5, 0.6) is 5.75 Å². The van der Waals surface area contributed by atoms with E-state index < -0.39 is 0 Å². The van der Waals surface area contributed by atoms with Gasteiger partial charge in [-0.1, -0.05) is 31.5 Å². The van der Waals surface area contributed by atoms with E-state index in [9.17, 15) is 4.79 Å². The van der Waals surface area contributed by atoms with Gasteiger partial charge in [0.2, 0.25) is 0 Å². The smallest absolute Gasteiger partial charge is 0.347 e. The Morgan fingerprint density at radius 1 is 1.04 bits per heavy atom. The van der Waals surface area contributed by atoms with Gasteiger partial charge in [-0.25, -0.2) is 9.36 Å². The highest BCUT2D eigenvalue weighted by molar-refractivity contribution is 6.15. The minimum atomic E-state index is 0.0232. The van der Waals surface area contributed by atoms with E-state index in [0.717, 1.165) is 56.8 Å². The molecule has 0 spiro atoms. The van der Waals surface area contributed by atoms with E-state index in [4.69, 9.17) is 4.74 Å². The van der Waals surface area contributed by atoms with Gasteiger partial charge in [0.25, 0.3) is 5.65 Å². The third kappa shape index (κ3) is 2.24. The van der Waals surface area contributed by atoms with Crippen molar-refractivity contribution in [1.82, 2.24) is 4.40 Å². The molecule has 0 atom stereocenters. The van der Waals surface area contributed by atoms with Crippen molar-refractivity contribution < 1.29 is 9.30 Å². The summed E-state index contributed by atoms with van der Waals surface area (Å²) in [4.78, 5) is 13.5. The molecule has 0 fully saturated rings. The van der Waals surface area contributed by atoms with E-state index in [1.165, 1.54) is 5.56 Å². The molecule has 140 valence electrons. The lowest BCUT2D eigenvalue weighted by atomic mass is 9.99. The quantitative estimate of drug-likeness (QED) is 0.344. The average Bonchev–Trinajstić information content (AvgIpc) is 3.00. The SMILES string of the molecule is CCCCOc1ccc2c(c1)n1c(=O)c3cccc4c(C)ccc(c43)c1[n+]2C. The topological polar surface area (TPSA) is 34.6 Å². The molecule has 0 N–H and O–H groups in total. The molecule has 0 bridgehead atoms. The summed E-state index contributed by atoms with van der Waals surface area (Å²) in [6, 6.07) is 16.3. The molecule has 0 amide bonds. The first kappa shape index (κ1) is 17.0. The molecule has 2 heterocycles. The van der Waals surface area contributed by atoms with Gasteiger partial charge >= 0.3 is 5.56 Å². The number of pyridine rings is 1. The van der Waals surface area contributed by atoms with Gasteiger partial charge in [-0.05, 0) is 48.6 Å². The van der Waals surface area contributed by atoms with E-state index in [1.54, 1.807) is 0 Å². The van der Waals surface area contributed by atoms with Crippen LogP contribution in [0.4, 0.5) is 0 Å². The van der Waals surface area contributed by atoms with Crippen LogP contribution < -0.4 is 14.9 Å². The molecular weight excluding hydrogens is 348 g/mol. The number of hydrogen-bond acceptors (Lipinski definition) is 2. The van der Waals surface area contributed by atoms with Crippen molar-refractivity contribution in [3.63, 3.8) is 0 Å². The summed E-state index contributed by atoms with van der Waals surface area (Å²) in [5.74, 6) is 0.808. The Kier molecular flexibility index (Phi) is 3.76. The summed E-state index contributed by atoms with van der Waals surface area (Å²) in [7, 11) is 2.03. The molecule has 2 aromatic heterocycles. The molecule has 0 radical (unpaired) electrons. The third-order valence-electron chi connectivity index (χ3n) is 5.78. The van der Waals surface area contributed by atoms with Crippen molar-refractivity contribution in [3.05, 3.63) is 64.4 Å². The number of aromatic nitrogens is 2. The van der Waals surface area contributed by atoms with Gasteiger partial charge in [0.1, 0.15) is 5.75 Å². The van der Waals surface area contributed by atoms with Crippen LogP contribution in [-0.4, -0.2) is 11.0 Å². The summed E-state index contributed by atoms with van der Waals surface area (Å²) in [6.45, 7) is 4.93. The van der Waals surface area contributed by atoms with Crippen LogP contribution in [0.1, 0.15) is 25.3 Å². The normalized spacial score (nSPS) is 12.0. The number of ether oxygens (including phenoxy) is 1.